The van der Waals surface area contributed by atoms with Crippen molar-refractivity contribution in [3.05, 3.63) is 36.3 Å². The predicted octanol–water partition coefficient (Wildman–Crippen LogP) is 1.25. The summed E-state index contributed by atoms with van der Waals surface area (Å²) < 4.78 is 1.75. The highest BCUT2D eigenvalue weighted by atomic mass is 16.2. The van der Waals surface area contributed by atoms with Crippen molar-refractivity contribution in [2.24, 2.45) is 7.05 Å². The van der Waals surface area contributed by atoms with Crippen LogP contribution in [-0.4, -0.2) is 49.9 Å². The molecule has 0 aliphatic carbocycles. The molecule has 8 nitrogen and oxygen atoms in total. The minimum Gasteiger partial charge on any atom is -0.346 e. The van der Waals surface area contributed by atoms with Gasteiger partial charge in [0.05, 0.1) is 11.7 Å². The molecule has 1 aromatic carbocycles. The minimum atomic E-state index is -0.217. The van der Waals surface area contributed by atoms with E-state index in [1.165, 1.54) is 0 Å². The summed E-state index contributed by atoms with van der Waals surface area (Å²) in [5.41, 5.74) is 3.20. The standard InChI is InChI=1S/C17H17N7O/c1-23-8-12(7-19-23)11-2-3-14-15(6-11)21-22-16(14)17(25)20-13-4-5-24(9-13)10-18/h2-3,6-8,13H,4-5,9H2,1H3,(H,20,25)(H,21,22). The van der Waals surface area contributed by atoms with Crippen molar-refractivity contribution in [1.82, 2.24) is 30.2 Å². The molecular formula is C17H17N7O. The number of carbonyl (C=O) groups excluding carboxylic acids is 1. The Balaban J connectivity index is 1.57. The highest BCUT2D eigenvalue weighted by molar-refractivity contribution is 6.05. The van der Waals surface area contributed by atoms with E-state index >= 15 is 0 Å². The SMILES string of the molecule is Cn1cc(-c2ccc3c(C(=O)NC4CCN(C#N)C4)n[nH]c3c2)cn1. The van der Waals surface area contributed by atoms with Crippen LogP contribution in [0.2, 0.25) is 0 Å². The lowest BCUT2D eigenvalue weighted by molar-refractivity contribution is 0.0935. The van der Waals surface area contributed by atoms with Gasteiger partial charge in [0.1, 0.15) is 0 Å². The van der Waals surface area contributed by atoms with Crippen LogP contribution in [-0.2, 0) is 7.05 Å². The maximum Gasteiger partial charge on any atom is 0.272 e. The van der Waals surface area contributed by atoms with Crippen molar-refractivity contribution in [1.29, 1.82) is 5.26 Å². The molecule has 1 amide bonds. The van der Waals surface area contributed by atoms with Crippen molar-refractivity contribution in [2.45, 2.75) is 12.5 Å². The highest BCUT2D eigenvalue weighted by Crippen LogP contribution is 2.24. The number of likely N-dealkylation sites (tertiary alicyclic amines) is 1. The molecule has 1 unspecified atom stereocenters. The summed E-state index contributed by atoms with van der Waals surface area (Å²) in [6.07, 6.45) is 6.61. The second-order valence-electron chi connectivity index (χ2n) is 6.24. The fourth-order valence-corrected chi connectivity index (χ4v) is 3.17. The van der Waals surface area contributed by atoms with Gasteiger partial charge in [-0.25, -0.2) is 0 Å². The lowest BCUT2D eigenvalue weighted by atomic mass is 10.1. The molecule has 0 radical (unpaired) electrons. The number of H-pyrrole nitrogens is 1. The molecule has 0 bridgehead atoms. The zero-order valence-corrected chi connectivity index (χ0v) is 13.7. The number of benzene rings is 1. The Labute approximate surface area is 144 Å². The first-order valence-corrected chi connectivity index (χ1v) is 8.07. The third kappa shape index (κ3) is 2.80. The second kappa shape index (κ2) is 5.94. The summed E-state index contributed by atoms with van der Waals surface area (Å²) in [4.78, 5) is 14.2. The van der Waals surface area contributed by atoms with Gasteiger partial charge in [-0.2, -0.15) is 15.5 Å². The second-order valence-corrected chi connectivity index (χ2v) is 6.24. The van der Waals surface area contributed by atoms with Gasteiger partial charge in [0, 0.05) is 43.3 Å². The van der Waals surface area contributed by atoms with Crippen molar-refractivity contribution in [2.75, 3.05) is 13.1 Å². The number of amides is 1. The van der Waals surface area contributed by atoms with Crippen LogP contribution in [0.5, 0.6) is 0 Å². The molecule has 0 spiro atoms. The fourth-order valence-electron chi connectivity index (χ4n) is 3.17. The van der Waals surface area contributed by atoms with E-state index in [0.29, 0.717) is 18.8 Å². The number of carbonyl (C=O) groups is 1. The lowest BCUT2D eigenvalue weighted by Gasteiger charge is -2.11. The molecule has 0 saturated carbocycles. The topological polar surface area (TPSA) is 103 Å². The summed E-state index contributed by atoms with van der Waals surface area (Å²) >= 11 is 0. The first-order valence-electron chi connectivity index (χ1n) is 8.07. The number of aryl methyl sites for hydroxylation is 1. The van der Waals surface area contributed by atoms with Crippen LogP contribution in [0.4, 0.5) is 0 Å². The van der Waals surface area contributed by atoms with E-state index in [1.54, 1.807) is 15.8 Å². The first-order chi connectivity index (χ1) is 12.1. The molecule has 1 aliphatic heterocycles. The van der Waals surface area contributed by atoms with Crippen LogP contribution in [0.25, 0.3) is 22.0 Å². The average molecular weight is 335 g/mol. The van der Waals surface area contributed by atoms with Gasteiger partial charge in [0.15, 0.2) is 11.9 Å². The Bertz CT molecular complexity index is 980. The van der Waals surface area contributed by atoms with E-state index in [1.807, 2.05) is 31.4 Å². The largest absolute Gasteiger partial charge is 0.346 e. The van der Waals surface area contributed by atoms with E-state index in [-0.39, 0.29) is 11.9 Å². The molecule has 1 aliphatic rings. The molecule has 8 heteroatoms. The molecule has 3 aromatic rings. The number of fused-ring (bicyclic) bond motifs is 1. The van der Waals surface area contributed by atoms with Crippen LogP contribution in [0, 0.1) is 11.5 Å². The molecule has 1 saturated heterocycles. The van der Waals surface area contributed by atoms with Gasteiger partial charge in [-0.05, 0) is 24.1 Å². The summed E-state index contributed by atoms with van der Waals surface area (Å²) in [5.74, 6) is -0.217. The van der Waals surface area contributed by atoms with Gasteiger partial charge < -0.3 is 10.2 Å². The van der Waals surface area contributed by atoms with Crippen LogP contribution >= 0.6 is 0 Å². The molecule has 4 rings (SSSR count). The van der Waals surface area contributed by atoms with Crippen molar-refractivity contribution >= 4 is 16.8 Å². The molecule has 1 fully saturated rings. The Kier molecular flexibility index (Phi) is 3.61. The molecular weight excluding hydrogens is 318 g/mol. The summed E-state index contributed by atoms with van der Waals surface area (Å²) in [6.45, 7) is 1.23. The van der Waals surface area contributed by atoms with Crippen LogP contribution in [0.1, 0.15) is 16.9 Å². The van der Waals surface area contributed by atoms with Gasteiger partial charge >= 0.3 is 0 Å². The summed E-state index contributed by atoms with van der Waals surface area (Å²) in [5, 5.41) is 23.9. The monoisotopic (exact) mass is 335 g/mol. The van der Waals surface area contributed by atoms with Crippen molar-refractivity contribution in [3.63, 3.8) is 0 Å². The molecule has 1 atom stereocenters. The molecule has 126 valence electrons. The third-order valence-corrected chi connectivity index (χ3v) is 4.48. The molecule has 2 aromatic heterocycles. The first kappa shape index (κ1) is 15.2. The summed E-state index contributed by atoms with van der Waals surface area (Å²) in [7, 11) is 1.87. The highest BCUT2D eigenvalue weighted by Gasteiger charge is 2.25. The average Bonchev–Trinajstić information content (AvgIpc) is 3.33. The molecule has 2 N–H and O–H groups in total. The van der Waals surface area contributed by atoms with Gasteiger partial charge in [-0.15, -0.1) is 0 Å². The predicted molar refractivity (Wildman–Crippen MR) is 91.4 cm³/mol. The zero-order chi connectivity index (χ0) is 17.4. The van der Waals surface area contributed by atoms with Gasteiger partial charge in [0.25, 0.3) is 5.91 Å². The molecule has 25 heavy (non-hydrogen) atoms. The number of nitrogens with zero attached hydrogens (tertiary/aromatic N) is 5. The Morgan fingerprint density at radius 1 is 1.44 bits per heavy atom. The number of hydrogen-bond acceptors (Lipinski definition) is 5. The smallest absolute Gasteiger partial charge is 0.272 e. The van der Waals surface area contributed by atoms with Crippen LogP contribution in [0.3, 0.4) is 0 Å². The van der Waals surface area contributed by atoms with Crippen molar-refractivity contribution < 1.29 is 4.79 Å². The van der Waals surface area contributed by atoms with Crippen molar-refractivity contribution in [3.8, 4) is 17.3 Å². The van der Waals surface area contributed by atoms with Gasteiger partial charge in [0.2, 0.25) is 0 Å². The van der Waals surface area contributed by atoms with E-state index < -0.39 is 0 Å². The lowest BCUT2D eigenvalue weighted by Crippen LogP contribution is -2.36. The Morgan fingerprint density at radius 3 is 3.04 bits per heavy atom. The maximum atomic E-state index is 12.5. The Morgan fingerprint density at radius 2 is 2.32 bits per heavy atom. The van der Waals surface area contributed by atoms with Gasteiger partial charge in [-0.3, -0.25) is 14.6 Å². The normalized spacial score (nSPS) is 17.0. The number of nitrogens with one attached hydrogen (secondary N) is 2. The van der Waals surface area contributed by atoms with Crippen LogP contribution < -0.4 is 5.32 Å². The zero-order valence-electron chi connectivity index (χ0n) is 13.7. The van der Waals surface area contributed by atoms with Crippen LogP contribution in [0.15, 0.2) is 30.6 Å². The third-order valence-electron chi connectivity index (χ3n) is 4.48. The van der Waals surface area contributed by atoms with Gasteiger partial charge in [-0.1, -0.05) is 6.07 Å². The quantitative estimate of drug-likeness (QED) is 0.701. The number of hydrogen-bond donors (Lipinski definition) is 2. The number of aromatic amines is 1. The minimum absolute atomic E-state index is 0.0198. The number of nitriles is 1. The van der Waals surface area contributed by atoms with E-state index in [4.69, 9.17) is 5.26 Å². The Hall–Kier alpha value is -3.34. The van der Waals surface area contributed by atoms with E-state index in [2.05, 4.69) is 26.8 Å². The fraction of sp³-hybridized carbons (Fsp3) is 0.294. The van der Waals surface area contributed by atoms with E-state index in [9.17, 15) is 4.79 Å². The summed E-state index contributed by atoms with van der Waals surface area (Å²) in [6, 6.07) is 5.79. The maximum absolute atomic E-state index is 12.5. The number of aromatic nitrogens is 4. The van der Waals surface area contributed by atoms with E-state index in [0.717, 1.165) is 28.5 Å². The number of rotatable bonds is 3. The molecule has 3 heterocycles.